The minimum atomic E-state index is -4.60. The first-order chi connectivity index (χ1) is 17.2. The molecule has 2 aromatic carbocycles. The van der Waals surface area contributed by atoms with Crippen LogP contribution < -0.4 is 10.6 Å². The fraction of sp³-hybridized carbons (Fsp3) is 0.200. The van der Waals surface area contributed by atoms with Gasteiger partial charge in [0.1, 0.15) is 5.56 Å². The first-order valence-electron chi connectivity index (χ1n) is 11.0. The summed E-state index contributed by atoms with van der Waals surface area (Å²) in [5.74, 6) is -1.23. The second-order valence-corrected chi connectivity index (χ2v) is 7.78. The Bertz CT molecular complexity index is 1440. The highest BCUT2D eigenvalue weighted by Crippen LogP contribution is 2.33. The molecule has 0 saturated carbocycles. The van der Waals surface area contributed by atoms with Crippen molar-refractivity contribution in [2.75, 3.05) is 19.0 Å². The minimum absolute atomic E-state index is 0. The van der Waals surface area contributed by atoms with E-state index in [2.05, 4.69) is 20.7 Å². The maximum Gasteiger partial charge on any atom is 0.416 e. The van der Waals surface area contributed by atoms with Gasteiger partial charge in [-0.2, -0.15) is 18.3 Å². The molecule has 0 atom stereocenters. The largest absolute Gasteiger partial charge is 0.462 e. The zero-order valence-corrected chi connectivity index (χ0v) is 20.6. The van der Waals surface area contributed by atoms with Crippen LogP contribution in [0.4, 0.5) is 18.9 Å². The Morgan fingerprint density at radius 2 is 1.89 bits per heavy atom. The third-order valence-corrected chi connectivity index (χ3v) is 5.36. The van der Waals surface area contributed by atoms with Gasteiger partial charge in [-0.15, -0.1) is 12.4 Å². The smallest absolute Gasteiger partial charge is 0.416 e. The molecular formula is C25H23ClF3N5O3. The molecule has 194 valence electrons. The van der Waals surface area contributed by atoms with Gasteiger partial charge >= 0.3 is 12.1 Å². The van der Waals surface area contributed by atoms with E-state index in [0.717, 1.165) is 6.07 Å². The van der Waals surface area contributed by atoms with Crippen LogP contribution in [0.3, 0.4) is 0 Å². The van der Waals surface area contributed by atoms with Gasteiger partial charge < -0.3 is 15.4 Å². The summed E-state index contributed by atoms with van der Waals surface area (Å²) in [5.41, 5.74) is 1.17. The number of carbonyl (C=O) groups excluding carboxylic acids is 2. The Labute approximate surface area is 216 Å². The lowest BCUT2D eigenvalue weighted by molar-refractivity contribution is -0.138. The Balaban J connectivity index is 0.00000380. The molecule has 0 unspecified atom stereocenters. The van der Waals surface area contributed by atoms with Crippen LogP contribution >= 0.6 is 12.4 Å². The molecule has 2 N–H and O–H groups in total. The van der Waals surface area contributed by atoms with Crippen molar-refractivity contribution in [3.8, 4) is 11.3 Å². The molecule has 0 saturated heterocycles. The van der Waals surface area contributed by atoms with Crippen LogP contribution in [0.1, 0.15) is 38.8 Å². The predicted molar refractivity (Wildman–Crippen MR) is 134 cm³/mol. The van der Waals surface area contributed by atoms with Gasteiger partial charge in [-0.25, -0.2) is 14.3 Å². The molecule has 0 spiro atoms. The van der Waals surface area contributed by atoms with E-state index in [1.165, 1.54) is 29.0 Å². The van der Waals surface area contributed by atoms with Gasteiger partial charge in [0.05, 0.1) is 24.1 Å². The highest BCUT2D eigenvalue weighted by atomic mass is 35.5. The van der Waals surface area contributed by atoms with Gasteiger partial charge in [0.2, 0.25) is 0 Å². The van der Waals surface area contributed by atoms with Crippen LogP contribution in [0.5, 0.6) is 0 Å². The molecule has 4 rings (SSSR count). The summed E-state index contributed by atoms with van der Waals surface area (Å²) in [6.07, 6.45) is -1.71. The highest BCUT2D eigenvalue weighted by molar-refractivity contribution is 6.04. The number of hydrogen-bond donors (Lipinski definition) is 2. The molecule has 4 aromatic rings. The van der Waals surface area contributed by atoms with E-state index in [9.17, 15) is 22.8 Å². The number of benzene rings is 2. The Kier molecular flexibility index (Phi) is 8.51. The second kappa shape index (κ2) is 11.4. The summed E-state index contributed by atoms with van der Waals surface area (Å²) in [5, 5.41) is 9.59. The number of rotatable bonds is 7. The maximum absolute atomic E-state index is 13.5. The molecule has 2 aromatic heterocycles. The number of carbonyl (C=O) groups is 2. The molecule has 0 aliphatic rings. The Morgan fingerprint density at radius 3 is 2.59 bits per heavy atom. The number of nitrogens with zero attached hydrogens (tertiary/aromatic N) is 3. The van der Waals surface area contributed by atoms with Crippen molar-refractivity contribution >= 4 is 35.6 Å². The fourth-order valence-corrected chi connectivity index (χ4v) is 3.75. The molecule has 12 heteroatoms. The summed E-state index contributed by atoms with van der Waals surface area (Å²) in [7, 11) is 1.55. The maximum atomic E-state index is 13.5. The van der Waals surface area contributed by atoms with Crippen molar-refractivity contribution in [3.05, 3.63) is 83.2 Å². The lowest BCUT2D eigenvalue weighted by Gasteiger charge is -2.14. The molecule has 0 bridgehead atoms. The van der Waals surface area contributed by atoms with Gasteiger partial charge in [-0.05, 0) is 49.9 Å². The van der Waals surface area contributed by atoms with E-state index in [4.69, 9.17) is 4.74 Å². The van der Waals surface area contributed by atoms with Crippen molar-refractivity contribution in [1.29, 1.82) is 0 Å². The van der Waals surface area contributed by atoms with Gasteiger partial charge in [-0.1, -0.05) is 18.2 Å². The van der Waals surface area contributed by atoms with Crippen LogP contribution in [0.2, 0.25) is 0 Å². The molecule has 8 nitrogen and oxygen atoms in total. The lowest BCUT2D eigenvalue weighted by atomic mass is 10.0. The van der Waals surface area contributed by atoms with Gasteiger partial charge in [0.15, 0.2) is 5.65 Å². The summed E-state index contributed by atoms with van der Waals surface area (Å²) < 4.78 is 47.0. The van der Waals surface area contributed by atoms with Crippen molar-refractivity contribution < 1.29 is 27.5 Å². The van der Waals surface area contributed by atoms with E-state index in [1.807, 2.05) is 0 Å². The van der Waals surface area contributed by atoms with Crippen LogP contribution in [0, 0.1) is 0 Å². The third kappa shape index (κ3) is 5.89. The Hall–Kier alpha value is -3.96. The number of fused-ring (bicyclic) bond motifs is 1. The molecule has 0 aliphatic heterocycles. The molecule has 0 aliphatic carbocycles. The van der Waals surface area contributed by atoms with Gasteiger partial charge in [0.25, 0.3) is 5.91 Å². The van der Waals surface area contributed by atoms with E-state index >= 15 is 0 Å². The number of nitrogens with one attached hydrogen (secondary N) is 2. The van der Waals surface area contributed by atoms with Gasteiger partial charge in [-0.3, -0.25) is 4.79 Å². The second-order valence-electron chi connectivity index (χ2n) is 7.78. The quantitative estimate of drug-likeness (QED) is 0.325. The van der Waals surface area contributed by atoms with Crippen molar-refractivity contribution in [2.24, 2.45) is 0 Å². The number of aromatic nitrogens is 3. The molecule has 0 radical (unpaired) electrons. The number of ether oxygens (including phenoxy) is 1. The third-order valence-electron chi connectivity index (χ3n) is 5.36. The number of amides is 1. The van der Waals surface area contributed by atoms with Crippen molar-refractivity contribution in [3.63, 3.8) is 0 Å². The molecule has 37 heavy (non-hydrogen) atoms. The number of alkyl halides is 3. The summed E-state index contributed by atoms with van der Waals surface area (Å²) in [6, 6.07) is 11.9. The highest BCUT2D eigenvalue weighted by Gasteiger charge is 2.34. The van der Waals surface area contributed by atoms with Crippen LogP contribution in [0.15, 0.2) is 60.9 Å². The topological polar surface area (TPSA) is 97.6 Å². The summed E-state index contributed by atoms with van der Waals surface area (Å²) in [6.45, 7) is 1.92. The van der Waals surface area contributed by atoms with Gasteiger partial charge in [0, 0.05) is 29.6 Å². The lowest BCUT2D eigenvalue weighted by Crippen LogP contribution is -2.17. The standard InChI is InChI=1S/C25H22F3N5O3.ClH/c1-3-36-24(35)19-14-31-33-21(9-10-30-22(19)33)15-5-4-6-18(11-15)32-23(34)16-7-8-17(13-29-2)20(12-16)25(26,27)28;/h4-12,14,29H,3,13H2,1-2H3,(H,32,34);1H. The summed E-state index contributed by atoms with van der Waals surface area (Å²) in [4.78, 5) is 29.2. The van der Waals surface area contributed by atoms with E-state index in [0.29, 0.717) is 22.6 Å². The average Bonchev–Trinajstić information content (AvgIpc) is 3.28. The van der Waals surface area contributed by atoms with E-state index < -0.39 is 23.6 Å². The number of hydrogen-bond acceptors (Lipinski definition) is 6. The number of esters is 1. The van der Waals surface area contributed by atoms with Crippen molar-refractivity contribution in [1.82, 2.24) is 19.9 Å². The first-order valence-corrected chi connectivity index (χ1v) is 11.0. The minimum Gasteiger partial charge on any atom is -0.462 e. The fourth-order valence-electron chi connectivity index (χ4n) is 3.75. The molecule has 0 fully saturated rings. The molecular weight excluding hydrogens is 511 g/mol. The SMILES string of the molecule is CCOC(=O)c1cnn2c(-c3cccc(NC(=O)c4ccc(CNC)c(C(F)(F)F)c4)c3)ccnc12.Cl. The van der Waals surface area contributed by atoms with E-state index in [1.54, 1.807) is 44.3 Å². The molecule has 2 heterocycles. The number of halogens is 4. The zero-order valence-electron chi connectivity index (χ0n) is 19.8. The normalized spacial score (nSPS) is 11.2. The monoisotopic (exact) mass is 533 g/mol. The van der Waals surface area contributed by atoms with E-state index in [-0.39, 0.29) is 42.2 Å². The number of anilines is 1. The van der Waals surface area contributed by atoms with Crippen LogP contribution in [-0.2, 0) is 17.5 Å². The predicted octanol–water partition coefficient (Wildman–Crippen LogP) is 4.99. The first kappa shape index (κ1) is 27.6. The van der Waals surface area contributed by atoms with Crippen LogP contribution in [-0.4, -0.2) is 40.1 Å². The average molecular weight is 534 g/mol. The zero-order chi connectivity index (χ0) is 25.9. The summed E-state index contributed by atoms with van der Waals surface area (Å²) >= 11 is 0. The Morgan fingerprint density at radius 1 is 1.11 bits per heavy atom. The molecule has 1 amide bonds. The van der Waals surface area contributed by atoms with Crippen LogP contribution in [0.25, 0.3) is 16.9 Å². The van der Waals surface area contributed by atoms with Crippen molar-refractivity contribution in [2.45, 2.75) is 19.6 Å².